The minimum absolute atomic E-state index is 0.368. The van der Waals surface area contributed by atoms with Gasteiger partial charge in [0, 0.05) is 16.2 Å². The van der Waals surface area contributed by atoms with Crippen LogP contribution in [0.2, 0.25) is 0 Å². The molecule has 5 aromatic rings. The summed E-state index contributed by atoms with van der Waals surface area (Å²) in [6.07, 6.45) is 0. The van der Waals surface area contributed by atoms with E-state index in [4.69, 9.17) is 13.7 Å². The minimum Gasteiger partial charge on any atom is -0.455 e. The normalized spacial score (nSPS) is 18.2. The van der Waals surface area contributed by atoms with Gasteiger partial charge in [-0.2, -0.15) is 0 Å². The van der Waals surface area contributed by atoms with E-state index in [1.54, 1.807) is 0 Å². The Morgan fingerprint density at radius 2 is 1.20 bits per heavy atom. The Labute approximate surface area is 175 Å². The molecule has 0 aliphatic carbocycles. The molecule has 0 unspecified atom stereocenters. The third kappa shape index (κ3) is 2.35. The van der Waals surface area contributed by atoms with Crippen molar-refractivity contribution in [3.8, 4) is 0 Å². The van der Waals surface area contributed by atoms with Crippen molar-refractivity contribution in [2.75, 3.05) is 0 Å². The molecule has 0 saturated carbocycles. The Balaban J connectivity index is 1.63. The van der Waals surface area contributed by atoms with Gasteiger partial charge in [-0.05, 0) is 55.4 Å². The lowest BCUT2D eigenvalue weighted by Gasteiger charge is -2.32. The van der Waals surface area contributed by atoms with Crippen molar-refractivity contribution >= 4 is 56.1 Å². The van der Waals surface area contributed by atoms with Crippen molar-refractivity contribution in [1.29, 1.82) is 0 Å². The summed E-state index contributed by atoms with van der Waals surface area (Å²) in [5.41, 5.74) is 2.04. The van der Waals surface area contributed by atoms with Crippen molar-refractivity contribution in [3.05, 3.63) is 66.7 Å². The Hall–Kier alpha value is -2.82. The summed E-state index contributed by atoms with van der Waals surface area (Å²) < 4.78 is 19.0. The number of hydrogen-bond donors (Lipinski definition) is 0. The number of fused-ring (bicyclic) bond motifs is 8. The van der Waals surface area contributed by atoms with E-state index in [0.29, 0.717) is 0 Å². The molecule has 0 amide bonds. The summed E-state index contributed by atoms with van der Waals surface area (Å²) in [6.45, 7) is 8.30. The van der Waals surface area contributed by atoms with E-state index < -0.39 is 7.12 Å². The second-order valence-corrected chi connectivity index (χ2v) is 9.24. The molecular weight excluding hydrogens is 371 g/mol. The molecule has 0 bridgehead atoms. The zero-order chi connectivity index (χ0) is 20.7. The molecule has 6 rings (SSSR count). The molecule has 0 radical (unpaired) electrons. The van der Waals surface area contributed by atoms with Crippen LogP contribution in [-0.2, 0) is 9.31 Å². The predicted octanol–water partition coefficient (Wildman–Crippen LogP) is 6.19. The maximum Gasteiger partial charge on any atom is 0.494 e. The van der Waals surface area contributed by atoms with E-state index >= 15 is 0 Å². The highest BCUT2D eigenvalue weighted by Gasteiger charge is 2.51. The summed E-state index contributed by atoms with van der Waals surface area (Å²) >= 11 is 0. The molecule has 0 spiro atoms. The molecule has 1 saturated heterocycles. The van der Waals surface area contributed by atoms with E-state index in [2.05, 4.69) is 94.4 Å². The van der Waals surface area contributed by atoms with Crippen molar-refractivity contribution in [3.63, 3.8) is 0 Å². The molecule has 1 aromatic heterocycles. The summed E-state index contributed by atoms with van der Waals surface area (Å²) in [5.74, 6) is 0. The zero-order valence-electron chi connectivity index (χ0n) is 17.7. The number of rotatable bonds is 1. The average molecular weight is 394 g/mol. The van der Waals surface area contributed by atoms with E-state index in [0.717, 1.165) is 27.4 Å². The smallest absolute Gasteiger partial charge is 0.455 e. The number of benzene rings is 4. The highest BCUT2D eigenvalue weighted by Crippen LogP contribution is 2.41. The molecule has 1 aliphatic rings. The summed E-state index contributed by atoms with van der Waals surface area (Å²) in [7, 11) is -0.402. The SMILES string of the molecule is CC1(C)OB(c2ccc3c(c2)oc2c4ccccc4c4ccccc4c32)OC1(C)C. The van der Waals surface area contributed by atoms with E-state index in [-0.39, 0.29) is 11.2 Å². The van der Waals surface area contributed by atoms with Gasteiger partial charge in [-0.1, -0.05) is 60.7 Å². The Morgan fingerprint density at radius 1 is 0.633 bits per heavy atom. The average Bonchev–Trinajstić information content (AvgIpc) is 3.22. The minimum atomic E-state index is -0.402. The van der Waals surface area contributed by atoms with Crippen LogP contribution in [0.5, 0.6) is 0 Å². The monoisotopic (exact) mass is 394 g/mol. The highest BCUT2D eigenvalue weighted by atomic mass is 16.7. The van der Waals surface area contributed by atoms with Gasteiger partial charge in [0.1, 0.15) is 11.2 Å². The fourth-order valence-electron chi connectivity index (χ4n) is 4.55. The van der Waals surface area contributed by atoms with Gasteiger partial charge in [0.15, 0.2) is 0 Å². The first-order valence-electron chi connectivity index (χ1n) is 10.5. The van der Waals surface area contributed by atoms with Crippen molar-refractivity contribution in [2.45, 2.75) is 38.9 Å². The zero-order valence-corrected chi connectivity index (χ0v) is 17.7. The molecule has 1 aliphatic heterocycles. The van der Waals surface area contributed by atoms with E-state index in [1.807, 2.05) is 0 Å². The lowest BCUT2D eigenvalue weighted by atomic mass is 9.79. The van der Waals surface area contributed by atoms with Crippen LogP contribution in [0.15, 0.2) is 71.1 Å². The van der Waals surface area contributed by atoms with Crippen LogP contribution < -0.4 is 5.46 Å². The molecule has 4 aromatic carbocycles. The van der Waals surface area contributed by atoms with Gasteiger partial charge in [0.05, 0.1) is 11.2 Å². The second kappa shape index (κ2) is 5.87. The van der Waals surface area contributed by atoms with Gasteiger partial charge >= 0.3 is 7.12 Å². The Bertz CT molecular complexity index is 1450. The van der Waals surface area contributed by atoms with Gasteiger partial charge in [0.2, 0.25) is 0 Å². The predicted molar refractivity (Wildman–Crippen MR) is 124 cm³/mol. The van der Waals surface area contributed by atoms with Crippen molar-refractivity contribution in [2.24, 2.45) is 0 Å². The van der Waals surface area contributed by atoms with E-state index in [9.17, 15) is 0 Å². The second-order valence-electron chi connectivity index (χ2n) is 9.24. The highest BCUT2D eigenvalue weighted by molar-refractivity contribution is 6.62. The topological polar surface area (TPSA) is 31.6 Å². The van der Waals surface area contributed by atoms with E-state index in [1.165, 1.54) is 21.5 Å². The van der Waals surface area contributed by atoms with Crippen LogP contribution >= 0.6 is 0 Å². The van der Waals surface area contributed by atoms with Crippen molar-refractivity contribution in [1.82, 2.24) is 0 Å². The number of furan rings is 1. The fraction of sp³-hybridized carbons (Fsp3) is 0.231. The van der Waals surface area contributed by atoms with Gasteiger partial charge in [0.25, 0.3) is 0 Å². The third-order valence-corrected chi connectivity index (χ3v) is 6.90. The van der Waals surface area contributed by atoms with Gasteiger partial charge < -0.3 is 13.7 Å². The molecule has 0 N–H and O–H groups in total. The van der Waals surface area contributed by atoms with Crippen LogP contribution in [0.4, 0.5) is 0 Å². The van der Waals surface area contributed by atoms with Crippen LogP contribution in [-0.4, -0.2) is 18.3 Å². The molecule has 30 heavy (non-hydrogen) atoms. The number of hydrogen-bond acceptors (Lipinski definition) is 3. The Morgan fingerprint density at radius 3 is 1.87 bits per heavy atom. The summed E-state index contributed by atoms with van der Waals surface area (Å²) in [6, 6.07) is 23.3. The molecule has 0 atom stereocenters. The molecule has 4 heteroatoms. The van der Waals surface area contributed by atoms with Crippen molar-refractivity contribution < 1.29 is 13.7 Å². The molecular formula is C26H23BO3. The summed E-state index contributed by atoms with van der Waals surface area (Å²) in [5, 5.41) is 7.10. The standard InChI is InChI=1S/C26H23BO3/c1-25(2)26(3,4)30-27(29-25)16-13-14-21-22(15-16)28-24-20-12-8-6-10-18(20)17-9-5-7-11-19(17)23(21)24/h5-15H,1-4H3. The first-order valence-corrected chi connectivity index (χ1v) is 10.5. The third-order valence-electron chi connectivity index (χ3n) is 6.90. The summed E-state index contributed by atoms with van der Waals surface area (Å²) in [4.78, 5) is 0. The molecule has 2 heterocycles. The first kappa shape index (κ1) is 18.0. The molecule has 1 fully saturated rings. The molecule has 3 nitrogen and oxygen atoms in total. The lowest BCUT2D eigenvalue weighted by molar-refractivity contribution is 0.00578. The maximum atomic E-state index is 6.47. The first-order chi connectivity index (χ1) is 14.4. The van der Waals surface area contributed by atoms with Crippen LogP contribution in [0, 0.1) is 0 Å². The van der Waals surface area contributed by atoms with Gasteiger partial charge in [-0.25, -0.2) is 0 Å². The van der Waals surface area contributed by atoms with Crippen LogP contribution in [0.3, 0.4) is 0 Å². The Kier molecular flexibility index (Phi) is 3.52. The quantitative estimate of drug-likeness (QED) is 0.251. The fourth-order valence-corrected chi connectivity index (χ4v) is 4.55. The van der Waals surface area contributed by atoms with Crippen LogP contribution in [0.25, 0.3) is 43.5 Å². The lowest BCUT2D eigenvalue weighted by Crippen LogP contribution is -2.41. The largest absolute Gasteiger partial charge is 0.494 e. The van der Waals surface area contributed by atoms with Gasteiger partial charge in [-0.3, -0.25) is 0 Å². The van der Waals surface area contributed by atoms with Gasteiger partial charge in [-0.15, -0.1) is 0 Å². The maximum absolute atomic E-state index is 6.47. The van der Waals surface area contributed by atoms with Crippen LogP contribution in [0.1, 0.15) is 27.7 Å². The molecule has 148 valence electrons.